The van der Waals surface area contributed by atoms with E-state index in [2.05, 4.69) is 17.1 Å². The second-order valence-corrected chi connectivity index (χ2v) is 5.82. The van der Waals surface area contributed by atoms with Gasteiger partial charge in [0.25, 0.3) is 0 Å². The Morgan fingerprint density at radius 2 is 2.10 bits per heavy atom. The lowest BCUT2D eigenvalue weighted by Gasteiger charge is -2.09. The average Bonchev–Trinajstić information content (AvgIpc) is 2.94. The topological polar surface area (TPSA) is 64.9 Å². The van der Waals surface area contributed by atoms with Crippen LogP contribution < -0.4 is 5.73 Å². The molecule has 1 atom stereocenters. The van der Waals surface area contributed by atoms with Crippen molar-refractivity contribution in [3.05, 3.63) is 47.6 Å². The first-order valence-corrected chi connectivity index (χ1v) is 8.14. The van der Waals surface area contributed by atoms with Crippen molar-refractivity contribution < 1.29 is 4.52 Å². The predicted molar refractivity (Wildman–Crippen MR) is 82.4 cm³/mol. The van der Waals surface area contributed by atoms with Gasteiger partial charge in [-0.05, 0) is 24.2 Å². The molecule has 0 aliphatic rings. The van der Waals surface area contributed by atoms with Gasteiger partial charge in [0.05, 0.1) is 5.75 Å². The van der Waals surface area contributed by atoms with E-state index in [0.29, 0.717) is 5.89 Å². The Bertz CT molecular complexity index is 501. The summed E-state index contributed by atoms with van der Waals surface area (Å²) >= 11 is 1.83. The SMILES string of the molecule is CCCSCc1noc(CCC(N)c2ccccc2)n1. The lowest BCUT2D eigenvalue weighted by Crippen LogP contribution is -2.11. The normalized spacial score (nSPS) is 12.5. The van der Waals surface area contributed by atoms with Gasteiger partial charge in [0.15, 0.2) is 5.82 Å². The smallest absolute Gasteiger partial charge is 0.226 e. The van der Waals surface area contributed by atoms with Gasteiger partial charge in [-0.2, -0.15) is 16.7 Å². The second-order valence-electron chi connectivity index (χ2n) is 4.71. The van der Waals surface area contributed by atoms with Gasteiger partial charge in [0.1, 0.15) is 0 Å². The molecule has 20 heavy (non-hydrogen) atoms. The summed E-state index contributed by atoms with van der Waals surface area (Å²) in [6.07, 6.45) is 2.70. The van der Waals surface area contributed by atoms with Crippen LogP contribution in [0.5, 0.6) is 0 Å². The van der Waals surface area contributed by atoms with Crippen molar-refractivity contribution >= 4 is 11.8 Å². The highest BCUT2D eigenvalue weighted by Crippen LogP contribution is 2.16. The third kappa shape index (κ3) is 4.65. The minimum Gasteiger partial charge on any atom is -0.339 e. The summed E-state index contributed by atoms with van der Waals surface area (Å²) in [5, 5.41) is 3.99. The standard InChI is InChI=1S/C15H21N3OS/c1-2-10-20-11-14-17-15(19-18-14)9-8-13(16)12-6-4-3-5-7-12/h3-7,13H,2,8-11,16H2,1H3. The number of aryl methyl sites for hydroxylation is 1. The molecule has 0 saturated carbocycles. The first kappa shape index (κ1) is 15.1. The molecule has 1 heterocycles. The summed E-state index contributed by atoms with van der Waals surface area (Å²) in [7, 11) is 0. The highest BCUT2D eigenvalue weighted by atomic mass is 32.2. The van der Waals surface area contributed by atoms with Crippen molar-refractivity contribution in [3.63, 3.8) is 0 Å². The lowest BCUT2D eigenvalue weighted by atomic mass is 10.0. The molecule has 2 rings (SSSR count). The molecular weight excluding hydrogens is 270 g/mol. The maximum absolute atomic E-state index is 6.15. The maximum Gasteiger partial charge on any atom is 0.226 e. The van der Waals surface area contributed by atoms with Gasteiger partial charge in [-0.15, -0.1) is 0 Å². The Balaban J connectivity index is 1.79. The average molecular weight is 291 g/mol. The quantitative estimate of drug-likeness (QED) is 0.756. The van der Waals surface area contributed by atoms with E-state index in [9.17, 15) is 0 Å². The van der Waals surface area contributed by atoms with Gasteiger partial charge < -0.3 is 10.3 Å². The maximum atomic E-state index is 6.15. The van der Waals surface area contributed by atoms with Crippen LogP contribution in [0.3, 0.4) is 0 Å². The molecule has 0 saturated heterocycles. The van der Waals surface area contributed by atoms with Crippen LogP contribution in [0.2, 0.25) is 0 Å². The number of benzene rings is 1. The van der Waals surface area contributed by atoms with Crippen LogP contribution in [0.1, 0.15) is 43.1 Å². The number of hydrogen-bond donors (Lipinski definition) is 1. The van der Waals surface area contributed by atoms with Gasteiger partial charge in [0.2, 0.25) is 5.89 Å². The molecular formula is C15H21N3OS. The number of hydrogen-bond acceptors (Lipinski definition) is 5. The number of rotatable bonds is 8. The minimum atomic E-state index is 0.0148. The third-order valence-corrected chi connectivity index (χ3v) is 4.15. The van der Waals surface area contributed by atoms with E-state index in [-0.39, 0.29) is 6.04 Å². The minimum absolute atomic E-state index is 0.0148. The van der Waals surface area contributed by atoms with Crippen LogP contribution in [-0.2, 0) is 12.2 Å². The van der Waals surface area contributed by atoms with E-state index in [1.54, 1.807) is 0 Å². The van der Waals surface area contributed by atoms with Crippen LogP contribution in [-0.4, -0.2) is 15.9 Å². The Hall–Kier alpha value is -1.33. The summed E-state index contributed by atoms with van der Waals surface area (Å²) < 4.78 is 5.25. The Labute approximate surface area is 124 Å². The highest BCUT2D eigenvalue weighted by molar-refractivity contribution is 7.98. The monoisotopic (exact) mass is 291 g/mol. The number of nitrogens with two attached hydrogens (primary N) is 1. The molecule has 0 bridgehead atoms. The van der Waals surface area contributed by atoms with E-state index in [4.69, 9.17) is 10.3 Å². The molecule has 0 aliphatic heterocycles. The summed E-state index contributed by atoms with van der Waals surface area (Å²) in [5.74, 6) is 3.42. The van der Waals surface area contributed by atoms with Crippen molar-refractivity contribution in [3.8, 4) is 0 Å². The van der Waals surface area contributed by atoms with Gasteiger partial charge in [0, 0.05) is 12.5 Å². The van der Waals surface area contributed by atoms with Crippen molar-refractivity contribution in [2.45, 2.75) is 38.0 Å². The van der Waals surface area contributed by atoms with E-state index < -0.39 is 0 Å². The number of nitrogens with zero attached hydrogens (tertiary/aromatic N) is 2. The zero-order valence-corrected chi connectivity index (χ0v) is 12.6. The van der Waals surface area contributed by atoms with Crippen LogP contribution in [0.25, 0.3) is 0 Å². The number of aromatic nitrogens is 2. The molecule has 2 N–H and O–H groups in total. The highest BCUT2D eigenvalue weighted by Gasteiger charge is 2.10. The Kier molecular flexibility index (Phi) is 6.08. The Morgan fingerprint density at radius 1 is 1.30 bits per heavy atom. The fourth-order valence-corrected chi connectivity index (χ4v) is 2.64. The zero-order valence-electron chi connectivity index (χ0n) is 11.8. The second kappa shape index (κ2) is 8.07. The summed E-state index contributed by atoms with van der Waals surface area (Å²) in [6.45, 7) is 2.17. The molecule has 1 aromatic heterocycles. The van der Waals surface area contributed by atoms with Crippen LogP contribution in [0, 0.1) is 0 Å². The fraction of sp³-hybridized carbons (Fsp3) is 0.467. The molecule has 1 unspecified atom stereocenters. The molecule has 0 radical (unpaired) electrons. The largest absolute Gasteiger partial charge is 0.339 e. The summed E-state index contributed by atoms with van der Waals surface area (Å²) in [5.41, 5.74) is 7.30. The Morgan fingerprint density at radius 3 is 2.85 bits per heavy atom. The first-order valence-electron chi connectivity index (χ1n) is 6.99. The lowest BCUT2D eigenvalue weighted by molar-refractivity contribution is 0.368. The van der Waals surface area contributed by atoms with Gasteiger partial charge >= 0.3 is 0 Å². The van der Waals surface area contributed by atoms with Crippen LogP contribution in [0.15, 0.2) is 34.9 Å². The molecule has 1 aromatic carbocycles. The molecule has 0 amide bonds. The summed E-state index contributed by atoms with van der Waals surface area (Å²) in [6, 6.07) is 10.1. The molecule has 2 aromatic rings. The summed E-state index contributed by atoms with van der Waals surface area (Å²) in [4.78, 5) is 4.39. The molecule has 5 heteroatoms. The van der Waals surface area contributed by atoms with Crippen LogP contribution >= 0.6 is 11.8 Å². The van der Waals surface area contributed by atoms with Crippen molar-refractivity contribution in [1.82, 2.24) is 10.1 Å². The third-order valence-electron chi connectivity index (χ3n) is 2.99. The van der Waals surface area contributed by atoms with E-state index in [0.717, 1.165) is 35.7 Å². The number of thioether (sulfide) groups is 1. The van der Waals surface area contributed by atoms with Gasteiger partial charge in [-0.1, -0.05) is 42.4 Å². The fourth-order valence-electron chi connectivity index (χ4n) is 1.90. The van der Waals surface area contributed by atoms with Gasteiger partial charge in [-0.3, -0.25) is 0 Å². The van der Waals surface area contributed by atoms with E-state index >= 15 is 0 Å². The molecule has 108 valence electrons. The molecule has 0 fully saturated rings. The van der Waals surface area contributed by atoms with Crippen molar-refractivity contribution in [1.29, 1.82) is 0 Å². The van der Waals surface area contributed by atoms with Crippen molar-refractivity contribution in [2.75, 3.05) is 5.75 Å². The zero-order chi connectivity index (χ0) is 14.2. The van der Waals surface area contributed by atoms with Crippen molar-refractivity contribution in [2.24, 2.45) is 5.73 Å². The van der Waals surface area contributed by atoms with Gasteiger partial charge in [-0.25, -0.2) is 0 Å². The van der Waals surface area contributed by atoms with Crippen LogP contribution in [0.4, 0.5) is 0 Å². The van der Waals surface area contributed by atoms with E-state index in [1.165, 1.54) is 6.42 Å². The first-order chi connectivity index (χ1) is 9.79. The van der Waals surface area contributed by atoms with E-state index in [1.807, 2.05) is 42.1 Å². The molecule has 0 aliphatic carbocycles. The molecule has 4 nitrogen and oxygen atoms in total. The predicted octanol–water partition coefficient (Wildman–Crippen LogP) is 3.35. The molecule has 0 spiro atoms.